The number of hydrogen-bond acceptors (Lipinski definition) is 4. The van der Waals surface area contributed by atoms with Crippen LogP contribution in [0.25, 0.3) is 5.69 Å². The van der Waals surface area contributed by atoms with E-state index in [1.807, 2.05) is 0 Å². The van der Waals surface area contributed by atoms with E-state index in [0.29, 0.717) is 44.1 Å². The molecule has 0 bridgehead atoms. The molecule has 2 aromatic rings. The topological polar surface area (TPSA) is 64.0 Å². The minimum Gasteiger partial charge on any atom is -0.317 e. The molecule has 1 aliphatic rings. The Bertz CT molecular complexity index is 787. The molecule has 1 fully saturated rings. The summed E-state index contributed by atoms with van der Waals surface area (Å²) < 4.78 is 40.0. The van der Waals surface area contributed by atoms with Crippen LogP contribution in [-0.4, -0.2) is 35.4 Å². The largest absolute Gasteiger partial charge is 0.416 e. The summed E-state index contributed by atoms with van der Waals surface area (Å²) in [5.74, 6) is -0.169. The summed E-state index contributed by atoms with van der Waals surface area (Å²) in [5, 5.41) is 7.26. The maximum Gasteiger partial charge on any atom is 0.416 e. The highest BCUT2D eigenvalue weighted by molar-refractivity contribution is 5.92. The number of carbonyl (C=O) groups is 2. The monoisotopic (exact) mass is 365 g/mol. The maximum absolute atomic E-state index is 12.9. The smallest absolute Gasteiger partial charge is 0.317 e. The zero-order valence-corrected chi connectivity index (χ0v) is 13.9. The molecule has 1 saturated heterocycles. The summed E-state index contributed by atoms with van der Waals surface area (Å²) in [5.41, 5.74) is -1.52. The van der Waals surface area contributed by atoms with Crippen molar-refractivity contribution in [3.63, 3.8) is 0 Å². The Morgan fingerprint density at radius 2 is 1.81 bits per heavy atom. The molecule has 3 rings (SSSR count). The lowest BCUT2D eigenvalue weighted by Gasteiger charge is -2.33. The fourth-order valence-electron chi connectivity index (χ4n) is 3.40. The van der Waals surface area contributed by atoms with Crippen LogP contribution in [0.3, 0.4) is 0 Å². The molecule has 0 unspecified atom stereocenters. The van der Waals surface area contributed by atoms with Gasteiger partial charge in [-0.25, -0.2) is 4.68 Å². The van der Waals surface area contributed by atoms with Crippen molar-refractivity contribution in [3.8, 4) is 5.69 Å². The van der Waals surface area contributed by atoms with Gasteiger partial charge in [0.2, 0.25) is 0 Å². The van der Waals surface area contributed by atoms with Crippen molar-refractivity contribution in [3.05, 3.63) is 47.8 Å². The number of carbonyl (C=O) groups excluding carboxylic acids is 2. The Labute approximate surface area is 148 Å². The van der Waals surface area contributed by atoms with Crippen molar-refractivity contribution < 1.29 is 22.8 Å². The highest BCUT2D eigenvalue weighted by atomic mass is 19.4. The van der Waals surface area contributed by atoms with Gasteiger partial charge in [-0.2, -0.15) is 18.3 Å². The first-order chi connectivity index (χ1) is 12.4. The van der Waals surface area contributed by atoms with Crippen molar-refractivity contribution >= 4 is 12.6 Å². The minimum absolute atomic E-state index is 0.169. The summed E-state index contributed by atoms with van der Waals surface area (Å²) in [6.07, 6.45) is 0.952. The molecule has 8 heteroatoms. The molecule has 1 N–H and O–H groups in total. The molecule has 1 aromatic carbocycles. The second-order valence-electron chi connectivity index (χ2n) is 6.41. The Morgan fingerprint density at radius 3 is 2.42 bits per heavy atom. The van der Waals surface area contributed by atoms with Crippen molar-refractivity contribution in [1.82, 2.24) is 15.1 Å². The Morgan fingerprint density at radius 1 is 1.12 bits per heavy atom. The Kier molecular flexibility index (Phi) is 4.95. The zero-order chi connectivity index (χ0) is 18.8. The number of alkyl halides is 3. The van der Waals surface area contributed by atoms with Crippen LogP contribution >= 0.6 is 0 Å². The van der Waals surface area contributed by atoms with Gasteiger partial charge in [0.25, 0.3) is 0 Å². The number of aromatic nitrogens is 2. The fraction of sp³-hybridized carbons (Fsp3) is 0.389. The van der Waals surface area contributed by atoms with Gasteiger partial charge in [0.15, 0.2) is 0 Å². The normalized spacial score (nSPS) is 16.4. The predicted octanol–water partition coefficient (Wildman–Crippen LogP) is 2.53. The van der Waals surface area contributed by atoms with Crippen LogP contribution in [0.5, 0.6) is 0 Å². The highest BCUT2D eigenvalue weighted by Gasteiger charge is 2.42. The summed E-state index contributed by atoms with van der Waals surface area (Å²) in [7, 11) is 0. The molecule has 5 nitrogen and oxygen atoms in total. The van der Waals surface area contributed by atoms with Gasteiger partial charge in [0.1, 0.15) is 18.0 Å². The number of piperidine rings is 1. The number of hydrogen-bond donors (Lipinski definition) is 1. The first-order valence-corrected chi connectivity index (χ1v) is 8.27. The van der Waals surface area contributed by atoms with Crippen LogP contribution in [0.4, 0.5) is 13.2 Å². The molecule has 0 amide bonds. The van der Waals surface area contributed by atoms with Crippen LogP contribution in [0.2, 0.25) is 0 Å². The molecule has 2 heterocycles. The number of halogens is 3. The lowest BCUT2D eigenvalue weighted by Crippen LogP contribution is -2.44. The van der Waals surface area contributed by atoms with Crippen LogP contribution in [0, 0.1) is 5.92 Å². The van der Waals surface area contributed by atoms with Gasteiger partial charge in [-0.05, 0) is 50.0 Å². The predicted molar refractivity (Wildman–Crippen MR) is 88.0 cm³/mol. The molecule has 1 aromatic heterocycles. The van der Waals surface area contributed by atoms with Crippen molar-refractivity contribution in [2.24, 2.45) is 5.92 Å². The summed E-state index contributed by atoms with van der Waals surface area (Å²) >= 11 is 0. The van der Waals surface area contributed by atoms with Gasteiger partial charge >= 0.3 is 6.18 Å². The molecular formula is C18H18F3N3O2. The first-order valence-electron chi connectivity index (χ1n) is 8.27. The molecule has 0 saturated carbocycles. The Hall–Kier alpha value is -2.48. The first kappa shape index (κ1) is 18.3. The van der Waals surface area contributed by atoms with E-state index in [9.17, 15) is 22.8 Å². The Balaban J connectivity index is 1.98. The van der Waals surface area contributed by atoms with E-state index in [2.05, 4.69) is 10.4 Å². The second kappa shape index (κ2) is 7.03. The number of nitrogens with zero attached hydrogens (tertiary/aromatic N) is 2. The van der Waals surface area contributed by atoms with E-state index in [1.165, 1.54) is 29.2 Å². The number of nitrogens with one attached hydrogen (secondary N) is 1. The maximum atomic E-state index is 12.9. The van der Waals surface area contributed by atoms with Gasteiger partial charge in [0, 0.05) is 11.8 Å². The standard InChI is InChI=1S/C18H18F3N3O2/c19-18(20,21)14-2-1-3-16(8-14)24-10-15(9-23-24)17(11-25,12-26)13-4-6-22-7-5-13/h1-3,8-13,22H,4-7H2. The summed E-state index contributed by atoms with van der Waals surface area (Å²) in [6, 6.07) is 4.73. The van der Waals surface area contributed by atoms with Gasteiger partial charge < -0.3 is 14.9 Å². The quantitative estimate of drug-likeness (QED) is 0.653. The molecular weight excluding hydrogens is 347 g/mol. The van der Waals surface area contributed by atoms with Gasteiger partial charge in [-0.3, -0.25) is 0 Å². The molecule has 1 aliphatic heterocycles. The van der Waals surface area contributed by atoms with E-state index in [0.717, 1.165) is 12.1 Å². The van der Waals surface area contributed by atoms with Gasteiger partial charge in [-0.15, -0.1) is 0 Å². The van der Waals surface area contributed by atoms with Gasteiger partial charge in [-0.1, -0.05) is 6.07 Å². The minimum atomic E-state index is -4.46. The van der Waals surface area contributed by atoms with E-state index in [4.69, 9.17) is 0 Å². The van der Waals surface area contributed by atoms with E-state index in [-0.39, 0.29) is 11.6 Å². The van der Waals surface area contributed by atoms with E-state index in [1.54, 1.807) is 0 Å². The van der Waals surface area contributed by atoms with E-state index < -0.39 is 17.2 Å². The molecule has 0 radical (unpaired) electrons. The third-order valence-electron chi connectivity index (χ3n) is 4.93. The average molecular weight is 365 g/mol. The third-order valence-corrected chi connectivity index (χ3v) is 4.93. The highest BCUT2D eigenvalue weighted by Crippen LogP contribution is 2.35. The number of benzene rings is 1. The van der Waals surface area contributed by atoms with Crippen molar-refractivity contribution in [2.45, 2.75) is 24.4 Å². The molecule has 26 heavy (non-hydrogen) atoms. The molecule has 0 atom stereocenters. The molecule has 138 valence electrons. The van der Waals surface area contributed by atoms with E-state index >= 15 is 0 Å². The number of rotatable bonds is 5. The van der Waals surface area contributed by atoms with Crippen LogP contribution < -0.4 is 5.32 Å². The summed E-state index contributed by atoms with van der Waals surface area (Å²) in [6.45, 7) is 1.41. The lowest BCUT2D eigenvalue weighted by molar-refractivity contribution is -0.137. The van der Waals surface area contributed by atoms with Crippen molar-refractivity contribution in [2.75, 3.05) is 13.1 Å². The zero-order valence-electron chi connectivity index (χ0n) is 13.9. The fourth-order valence-corrected chi connectivity index (χ4v) is 3.40. The average Bonchev–Trinajstić information content (AvgIpc) is 3.14. The van der Waals surface area contributed by atoms with Crippen molar-refractivity contribution in [1.29, 1.82) is 0 Å². The lowest BCUT2D eigenvalue weighted by atomic mass is 9.69. The molecule has 0 aliphatic carbocycles. The van der Waals surface area contributed by atoms with Crippen LogP contribution in [-0.2, 0) is 21.2 Å². The molecule has 0 spiro atoms. The van der Waals surface area contributed by atoms with Crippen LogP contribution in [0.15, 0.2) is 36.7 Å². The van der Waals surface area contributed by atoms with Crippen LogP contribution in [0.1, 0.15) is 24.0 Å². The van der Waals surface area contributed by atoms with Gasteiger partial charge in [0.05, 0.1) is 17.4 Å². The summed E-state index contributed by atoms with van der Waals surface area (Å²) in [4.78, 5) is 23.7. The third kappa shape index (κ3) is 3.29. The SMILES string of the molecule is O=CC(C=O)(c1cnn(-c2cccc(C(F)(F)F)c2)c1)C1CCNCC1. The number of aldehydes is 2. The second-order valence-corrected chi connectivity index (χ2v) is 6.41.